The minimum absolute atomic E-state index is 0.336. The predicted molar refractivity (Wildman–Crippen MR) is 100 cm³/mol. The van der Waals surface area contributed by atoms with Gasteiger partial charge in [-0.05, 0) is 38.7 Å². The largest absolute Gasteiger partial charge is 0.338 e. The van der Waals surface area contributed by atoms with Gasteiger partial charge < -0.3 is 4.52 Å². The molecule has 0 saturated carbocycles. The van der Waals surface area contributed by atoms with Crippen LogP contribution in [0.15, 0.2) is 51.8 Å². The standard InChI is InChI=1S/C20H20N4O3/c1-13(19(26)21-20-15-9-5-6-10-17(15)23-27-20)24-18(25)12-11-16(22-24)14-7-3-2-4-8-14/h2-4,7-8,11-13H,5-6,9-10H2,1H3,(H,21,26). The number of carbonyl (C=O) groups is 1. The summed E-state index contributed by atoms with van der Waals surface area (Å²) in [4.78, 5) is 25.0. The summed E-state index contributed by atoms with van der Waals surface area (Å²) in [6, 6.07) is 11.8. The van der Waals surface area contributed by atoms with Crippen LogP contribution in [0.5, 0.6) is 0 Å². The highest BCUT2D eigenvalue weighted by atomic mass is 16.5. The van der Waals surface area contributed by atoms with Gasteiger partial charge in [-0.25, -0.2) is 4.68 Å². The van der Waals surface area contributed by atoms with Crippen LogP contribution in [0.25, 0.3) is 11.3 Å². The Morgan fingerprint density at radius 1 is 1.15 bits per heavy atom. The first-order valence-electron chi connectivity index (χ1n) is 9.07. The van der Waals surface area contributed by atoms with Crippen LogP contribution >= 0.6 is 0 Å². The normalized spacial score (nSPS) is 14.4. The summed E-state index contributed by atoms with van der Waals surface area (Å²) >= 11 is 0. The number of nitrogens with one attached hydrogen (secondary N) is 1. The Morgan fingerprint density at radius 3 is 2.74 bits per heavy atom. The van der Waals surface area contributed by atoms with E-state index in [9.17, 15) is 9.59 Å². The van der Waals surface area contributed by atoms with Crippen molar-refractivity contribution in [1.29, 1.82) is 0 Å². The van der Waals surface area contributed by atoms with Crippen molar-refractivity contribution in [1.82, 2.24) is 14.9 Å². The molecule has 1 aliphatic carbocycles. The molecule has 0 spiro atoms. The Labute approximate surface area is 156 Å². The molecular weight excluding hydrogens is 344 g/mol. The maximum Gasteiger partial charge on any atom is 0.267 e. The van der Waals surface area contributed by atoms with E-state index in [1.54, 1.807) is 13.0 Å². The molecule has 138 valence electrons. The zero-order valence-corrected chi connectivity index (χ0v) is 15.0. The van der Waals surface area contributed by atoms with E-state index in [0.717, 1.165) is 42.5 Å². The van der Waals surface area contributed by atoms with Gasteiger partial charge in [0.2, 0.25) is 5.88 Å². The lowest BCUT2D eigenvalue weighted by Crippen LogP contribution is -2.33. The number of anilines is 1. The molecule has 1 N–H and O–H groups in total. The average molecular weight is 364 g/mol. The second-order valence-electron chi connectivity index (χ2n) is 6.68. The van der Waals surface area contributed by atoms with Gasteiger partial charge >= 0.3 is 0 Å². The van der Waals surface area contributed by atoms with E-state index in [2.05, 4.69) is 15.6 Å². The molecule has 27 heavy (non-hydrogen) atoms. The lowest BCUT2D eigenvalue weighted by molar-refractivity contribution is -0.119. The first-order chi connectivity index (χ1) is 13.1. The summed E-state index contributed by atoms with van der Waals surface area (Å²) in [6.07, 6.45) is 3.83. The summed E-state index contributed by atoms with van der Waals surface area (Å²) in [6.45, 7) is 1.64. The summed E-state index contributed by atoms with van der Waals surface area (Å²) < 4.78 is 6.50. The van der Waals surface area contributed by atoms with Crippen molar-refractivity contribution in [2.75, 3.05) is 5.32 Å². The molecule has 1 aliphatic rings. The molecule has 2 aromatic heterocycles. The number of aryl methyl sites for hydroxylation is 1. The highest BCUT2D eigenvalue weighted by Gasteiger charge is 2.24. The number of aromatic nitrogens is 3. The Bertz CT molecular complexity index is 1020. The van der Waals surface area contributed by atoms with E-state index in [0.29, 0.717) is 11.6 Å². The smallest absolute Gasteiger partial charge is 0.267 e. The molecule has 0 bridgehead atoms. The molecular formula is C20H20N4O3. The maximum absolute atomic E-state index is 12.7. The molecule has 3 aromatic rings. The summed E-state index contributed by atoms with van der Waals surface area (Å²) in [5.41, 5.74) is 3.04. The van der Waals surface area contributed by atoms with E-state index in [1.807, 2.05) is 30.3 Å². The highest BCUT2D eigenvalue weighted by Crippen LogP contribution is 2.28. The number of benzene rings is 1. The fourth-order valence-corrected chi connectivity index (χ4v) is 3.28. The van der Waals surface area contributed by atoms with Crippen molar-refractivity contribution in [2.45, 2.75) is 38.6 Å². The average Bonchev–Trinajstić information content (AvgIpc) is 3.11. The van der Waals surface area contributed by atoms with Gasteiger partial charge in [0.15, 0.2) is 0 Å². The molecule has 7 heteroatoms. The molecule has 1 amide bonds. The van der Waals surface area contributed by atoms with Crippen molar-refractivity contribution in [3.8, 4) is 11.3 Å². The Balaban J connectivity index is 1.59. The van der Waals surface area contributed by atoms with Gasteiger partial charge in [-0.1, -0.05) is 35.5 Å². The molecule has 1 unspecified atom stereocenters. The van der Waals surface area contributed by atoms with E-state index in [1.165, 1.54) is 10.7 Å². The van der Waals surface area contributed by atoms with Gasteiger partial charge in [0.05, 0.1) is 11.4 Å². The third-order valence-corrected chi connectivity index (χ3v) is 4.84. The van der Waals surface area contributed by atoms with E-state index >= 15 is 0 Å². The van der Waals surface area contributed by atoms with Gasteiger partial charge in [-0.15, -0.1) is 0 Å². The quantitative estimate of drug-likeness (QED) is 0.769. The molecule has 1 aromatic carbocycles. The zero-order valence-electron chi connectivity index (χ0n) is 15.0. The van der Waals surface area contributed by atoms with E-state index in [4.69, 9.17) is 4.52 Å². The van der Waals surface area contributed by atoms with E-state index in [-0.39, 0.29) is 11.5 Å². The number of rotatable bonds is 4. The van der Waals surface area contributed by atoms with Gasteiger partial charge in [0, 0.05) is 17.2 Å². The molecule has 0 aliphatic heterocycles. The minimum atomic E-state index is -0.787. The third kappa shape index (κ3) is 3.40. The monoisotopic (exact) mass is 364 g/mol. The molecule has 4 rings (SSSR count). The summed E-state index contributed by atoms with van der Waals surface area (Å²) in [5, 5.41) is 11.2. The SMILES string of the molecule is CC(C(=O)Nc1onc2c1CCCC2)n1nc(-c2ccccc2)ccc1=O. The lowest BCUT2D eigenvalue weighted by Gasteiger charge is -2.15. The van der Waals surface area contributed by atoms with Crippen molar-refractivity contribution in [3.05, 3.63) is 64.1 Å². The first kappa shape index (κ1) is 17.2. The van der Waals surface area contributed by atoms with Crippen LogP contribution in [0.3, 0.4) is 0 Å². The van der Waals surface area contributed by atoms with Crippen LogP contribution in [0.4, 0.5) is 5.88 Å². The van der Waals surface area contributed by atoms with Crippen LogP contribution in [0.1, 0.15) is 37.1 Å². The van der Waals surface area contributed by atoms with Crippen molar-refractivity contribution in [3.63, 3.8) is 0 Å². The zero-order chi connectivity index (χ0) is 18.8. The first-order valence-corrected chi connectivity index (χ1v) is 9.07. The van der Waals surface area contributed by atoms with Gasteiger partial charge in [-0.2, -0.15) is 5.10 Å². The number of hydrogen-bond acceptors (Lipinski definition) is 5. The van der Waals surface area contributed by atoms with Crippen molar-refractivity contribution < 1.29 is 9.32 Å². The van der Waals surface area contributed by atoms with Crippen LogP contribution in [-0.2, 0) is 17.6 Å². The van der Waals surface area contributed by atoms with Crippen molar-refractivity contribution >= 4 is 11.8 Å². The lowest BCUT2D eigenvalue weighted by atomic mass is 9.98. The van der Waals surface area contributed by atoms with Crippen molar-refractivity contribution in [2.24, 2.45) is 0 Å². The van der Waals surface area contributed by atoms with Gasteiger partial charge in [0.25, 0.3) is 11.5 Å². The number of amides is 1. The van der Waals surface area contributed by atoms with E-state index < -0.39 is 6.04 Å². The summed E-state index contributed by atoms with van der Waals surface area (Å²) in [5.74, 6) is 0.0214. The number of hydrogen-bond donors (Lipinski definition) is 1. The highest BCUT2D eigenvalue weighted by molar-refractivity contribution is 5.92. The van der Waals surface area contributed by atoms with Gasteiger partial charge in [0.1, 0.15) is 6.04 Å². The molecule has 2 heterocycles. The molecule has 7 nitrogen and oxygen atoms in total. The maximum atomic E-state index is 12.7. The van der Waals surface area contributed by atoms with Crippen LogP contribution < -0.4 is 10.9 Å². The van der Waals surface area contributed by atoms with Crippen LogP contribution in [-0.4, -0.2) is 20.8 Å². The number of fused-ring (bicyclic) bond motifs is 1. The summed E-state index contributed by atoms with van der Waals surface area (Å²) in [7, 11) is 0. The molecule has 0 fully saturated rings. The van der Waals surface area contributed by atoms with Crippen LogP contribution in [0, 0.1) is 0 Å². The minimum Gasteiger partial charge on any atom is -0.338 e. The molecule has 0 radical (unpaired) electrons. The Hall–Kier alpha value is -3.22. The van der Waals surface area contributed by atoms with Crippen LogP contribution in [0.2, 0.25) is 0 Å². The predicted octanol–water partition coefficient (Wildman–Crippen LogP) is 2.98. The van der Waals surface area contributed by atoms with Gasteiger partial charge in [-0.3, -0.25) is 14.9 Å². The third-order valence-electron chi connectivity index (χ3n) is 4.84. The molecule has 0 saturated heterocycles. The second-order valence-corrected chi connectivity index (χ2v) is 6.68. The fourth-order valence-electron chi connectivity index (χ4n) is 3.28. The number of carbonyl (C=O) groups excluding carboxylic acids is 1. The molecule has 1 atom stereocenters. The Kier molecular flexibility index (Phi) is 4.58. The number of nitrogens with zero attached hydrogens (tertiary/aromatic N) is 3. The fraction of sp³-hybridized carbons (Fsp3) is 0.300. The topological polar surface area (TPSA) is 90.0 Å². The Morgan fingerprint density at radius 2 is 1.93 bits per heavy atom. The second kappa shape index (κ2) is 7.19.